The molecule has 26 heavy (non-hydrogen) atoms. The van der Waals surface area contributed by atoms with Crippen LogP contribution in [0.2, 0.25) is 0 Å². The Balaban J connectivity index is 2.08. The highest BCUT2D eigenvalue weighted by molar-refractivity contribution is 5.40. The predicted molar refractivity (Wildman–Crippen MR) is 93.8 cm³/mol. The van der Waals surface area contributed by atoms with Gasteiger partial charge in [0.15, 0.2) is 6.29 Å². The Bertz CT molecular complexity index is 586. The molecule has 2 rings (SSSR count). The summed E-state index contributed by atoms with van der Waals surface area (Å²) in [5, 5.41) is 48.8. The van der Waals surface area contributed by atoms with Crippen molar-refractivity contribution in [2.24, 2.45) is 5.41 Å². The molecule has 0 aromatic heterocycles. The first-order valence-corrected chi connectivity index (χ1v) is 8.92. The highest BCUT2D eigenvalue weighted by Gasteiger charge is 2.44. The van der Waals surface area contributed by atoms with Gasteiger partial charge in [0.1, 0.15) is 30.5 Å². The van der Waals surface area contributed by atoms with Crippen LogP contribution in [0.5, 0.6) is 0 Å². The maximum atomic E-state index is 10.0. The van der Waals surface area contributed by atoms with Gasteiger partial charge >= 0.3 is 0 Å². The molecule has 7 atom stereocenters. The molecule has 1 fully saturated rings. The van der Waals surface area contributed by atoms with E-state index in [0.717, 1.165) is 11.1 Å². The Morgan fingerprint density at radius 3 is 2.42 bits per heavy atom. The third kappa shape index (κ3) is 4.65. The second-order valence-corrected chi connectivity index (χ2v) is 7.85. The average molecular weight is 370 g/mol. The molecule has 0 amide bonds. The van der Waals surface area contributed by atoms with E-state index < -0.39 is 43.4 Å². The molecule has 1 heterocycles. The summed E-state index contributed by atoms with van der Waals surface area (Å²) in [4.78, 5) is 0. The van der Waals surface area contributed by atoms with Gasteiger partial charge in [-0.2, -0.15) is 0 Å². The molecule has 7 nitrogen and oxygen atoms in total. The Hall–Kier alpha value is -0.980. The Morgan fingerprint density at radius 1 is 1.19 bits per heavy atom. The van der Waals surface area contributed by atoms with Crippen LogP contribution < -0.4 is 0 Å². The van der Waals surface area contributed by atoms with Crippen molar-refractivity contribution in [3.8, 4) is 11.8 Å². The molecule has 5 N–H and O–H groups in total. The highest BCUT2D eigenvalue weighted by Crippen LogP contribution is 2.39. The van der Waals surface area contributed by atoms with Crippen LogP contribution in [0.1, 0.15) is 40.5 Å². The largest absolute Gasteiger partial charge is 0.394 e. The van der Waals surface area contributed by atoms with E-state index in [4.69, 9.17) is 9.47 Å². The number of hydrogen-bond donors (Lipinski definition) is 5. The van der Waals surface area contributed by atoms with Gasteiger partial charge in [-0.15, -0.1) is 0 Å². The van der Waals surface area contributed by atoms with Gasteiger partial charge in [-0.1, -0.05) is 31.3 Å². The number of aliphatic hydroxyl groups is 5. The summed E-state index contributed by atoms with van der Waals surface area (Å²) in [6.07, 6.45) is -6.30. The van der Waals surface area contributed by atoms with Gasteiger partial charge in [-0.25, -0.2) is 0 Å². The minimum absolute atomic E-state index is 0.238. The molecule has 1 saturated heterocycles. The minimum Gasteiger partial charge on any atom is -0.394 e. The predicted octanol–water partition coefficient (Wildman–Crippen LogP) is -0.308. The monoisotopic (exact) mass is 370 g/mol. The molecule has 148 valence electrons. The lowest BCUT2D eigenvalue weighted by molar-refractivity contribution is -0.305. The molecule has 0 spiro atoms. The van der Waals surface area contributed by atoms with E-state index in [1.807, 2.05) is 20.8 Å². The van der Waals surface area contributed by atoms with E-state index >= 15 is 0 Å². The summed E-state index contributed by atoms with van der Waals surface area (Å²) in [5.74, 6) is 6.10. The van der Waals surface area contributed by atoms with Gasteiger partial charge < -0.3 is 35.0 Å². The first kappa shape index (κ1) is 21.3. The van der Waals surface area contributed by atoms with Crippen LogP contribution >= 0.6 is 0 Å². The van der Waals surface area contributed by atoms with Gasteiger partial charge in [0.2, 0.25) is 0 Å². The van der Waals surface area contributed by atoms with Crippen LogP contribution in [-0.2, 0) is 9.47 Å². The van der Waals surface area contributed by atoms with Crippen molar-refractivity contribution in [1.29, 1.82) is 0 Å². The summed E-state index contributed by atoms with van der Waals surface area (Å²) in [5.41, 5.74) is 1.77. The van der Waals surface area contributed by atoms with E-state index in [0.29, 0.717) is 12.8 Å². The number of aliphatic hydroxyl groups excluding tert-OH is 5. The van der Waals surface area contributed by atoms with Gasteiger partial charge in [0, 0.05) is 11.0 Å². The molecule has 0 saturated carbocycles. The normalized spacial score (nSPS) is 38.5. The van der Waals surface area contributed by atoms with Crippen molar-refractivity contribution in [1.82, 2.24) is 0 Å². The molecule has 0 radical (unpaired) electrons. The smallest absolute Gasteiger partial charge is 0.188 e. The molecular weight excluding hydrogens is 340 g/mol. The lowest BCUT2D eigenvalue weighted by atomic mass is 9.72. The first-order valence-electron chi connectivity index (χ1n) is 8.92. The van der Waals surface area contributed by atoms with Crippen molar-refractivity contribution in [2.75, 3.05) is 6.61 Å². The fraction of sp³-hybridized carbons (Fsp3) is 0.789. The third-order valence-corrected chi connectivity index (χ3v) is 4.98. The van der Waals surface area contributed by atoms with Crippen LogP contribution in [0.15, 0.2) is 11.1 Å². The maximum absolute atomic E-state index is 10.0. The summed E-state index contributed by atoms with van der Waals surface area (Å²) < 4.78 is 10.9. The van der Waals surface area contributed by atoms with E-state index in [9.17, 15) is 25.5 Å². The Morgan fingerprint density at radius 2 is 1.85 bits per heavy atom. The number of ether oxygens (including phenoxy) is 2. The lowest BCUT2D eigenvalue weighted by Gasteiger charge is -2.40. The van der Waals surface area contributed by atoms with Crippen molar-refractivity contribution < 1.29 is 35.0 Å². The van der Waals surface area contributed by atoms with Crippen LogP contribution in [-0.4, -0.2) is 75.1 Å². The van der Waals surface area contributed by atoms with Crippen LogP contribution in [0.4, 0.5) is 0 Å². The van der Waals surface area contributed by atoms with Crippen LogP contribution in [0.25, 0.3) is 0 Å². The summed E-state index contributed by atoms with van der Waals surface area (Å²) >= 11 is 0. The fourth-order valence-corrected chi connectivity index (χ4v) is 3.66. The standard InChI is InChI=1S/C19H30O7/c1-10-7-12(21)8-19(3,4)13(10)6-5-11(2)25-18-17(24)16(23)15(22)14(9-20)26-18/h11-12,14-18,20-24H,7-9H2,1-4H3/t11-,12-,14-,15-,16+,17-,18-/m1/s1. The van der Waals surface area contributed by atoms with Crippen molar-refractivity contribution in [2.45, 2.75) is 83.5 Å². The average Bonchev–Trinajstić information content (AvgIpc) is 2.53. The van der Waals surface area contributed by atoms with Crippen molar-refractivity contribution in [3.05, 3.63) is 11.1 Å². The minimum atomic E-state index is -1.48. The topological polar surface area (TPSA) is 120 Å². The SMILES string of the molecule is CC1=C(C#C[C@@H](C)O[C@@H]2O[C@H](CO)[C@@H](O)[C@H](O)[C@H]2O)C(C)(C)C[C@H](O)C1. The second-order valence-electron chi connectivity index (χ2n) is 7.85. The van der Waals surface area contributed by atoms with E-state index in [1.54, 1.807) is 6.92 Å². The molecule has 1 aliphatic heterocycles. The Labute approximate surface area is 154 Å². The summed E-state index contributed by atoms with van der Waals surface area (Å²) in [6.45, 7) is 7.21. The van der Waals surface area contributed by atoms with E-state index in [-0.39, 0.29) is 11.5 Å². The van der Waals surface area contributed by atoms with Crippen LogP contribution in [0, 0.1) is 17.3 Å². The summed E-state index contributed by atoms with van der Waals surface area (Å²) in [6, 6.07) is 0. The molecule has 0 aromatic carbocycles. The van der Waals surface area contributed by atoms with Crippen LogP contribution in [0.3, 0.4) is 0 Å². The molecule has 0 aromatic rings. The number of allylic oxidation sites excluding steroid dienone is 1. The van der Waals surface area contributed by atoms with Gasteiger partial charge in [0.05, 0.1) is 12.7 Å². The fourth-order valence-electron chi connectivity index (χ4n) is 3.66. The molecular formula is C19H30O7. The van der Waals surface area contributed by atoms with Crippen molar-refractivity contribution >= 4 is 0 Å². The number of hydrogen-bond acceptors (Lipinski definition) is 7. The molecule has 1 aliphatic carbocycles. The highest BCUT2D eigenvalue weighted by atomic mass is 16.7. The molecule has 7 heteroatoms. The van der Waals surface area contributed by atoms with E-state index in [1.165, 1.54) is 0 Å². The Kier molecular flexibility index (Phi) is 6.86. The zero-order chi connectivity index (χ0) is 19.6. The van der Waals surface area contributed by atoms with Gasteiger partial charge in [-0.05, 0) is 26.7 Å². The summed E-state index contributed by atoms with van der Waals surface area (Å²) in [7, 11) is 0. The third-order valence-electron chi connectivity index (χ3n) is 4.98. The lowest BCUT2D eigenvalue weighted by Crippen LogP contribution is -2.59. The second kappa shape index (κ2) is 8.36. The molecule has 0 unspecified atom stereocenters. The first-order chi connectivity index (χ1) is 12.1. The molecule has 0 bridgehead atoms. The quantitative estimate of drug-likeness (QED) is 0.432. The van der Waals surface area contributed by atoms with E-state index in [2.05, 4.69) is 11.8 Å². The van der Waals surface area contributed by atoms with Crippen molar-refractivity contribution in [3.63, 3.8) is 0 Å². The van der Waals surface area contributed by atoms with Gasteiger partial charge in [-0.3, -0.25) is 0 Å². The maximum Gasteiger partial charge on any atom is 0.188 e. The molecule has 2 aliphatic rings. The number of rotatable bonds is 3. The van der Waals surface area contributed by atoms with Gasteiger partial charge in [0.25, 0.3) is 0 Å². The zero-order valence-corrected chi connectivity index (χ0v) is 15.7. The zero-order valence-electron chi connectivity index (χ0n) is 15.7.